The standard InChI is InChI=1S/C18H14Cl2N2O2/c1-2-24-18(23)15-11-22(12-7-8-21-17(20)9-12)10-14(15)13-5-3-4-6-16(13)19/h3-11H,2H2,1H3. The highest BCUT2D eigenvalue weighted by Crippen LogP contribution is 2.32. The van der Waals surface area contributed by atoms with Crippen molar-refractivity contribution in [2.24, 2.45) is 0 Å². The summed E-state index contributed by atoms with van der Waals surface area (Å²) in [7, 11) is 0. The first-order chi connectivity index (χ1) is 11.6. The van der Waals surface area contributed by atoms with Gasteiger partial charge < -0.3 is 9.30 Å². The molecule has 0 unspecified atom stereocenters. The highest BCUT2D eigenvalue weighted by Gasteiger charge is 2.19. The number of benzene rings is 1. The molecule has 4 nitrogen and oxygen atoms in total. The first-order valence-corrected chi connectivity index (χ1v) is 8.11. The molecule has 0 radical (unpaired) electrons. The Morgan fingerprint density at radius 3 is 2.67 bits per heavy atom. The van der Waals surface area contributed by atoms with Gasteiger partial charge in [-0.05, 0) is 25.1 Å². The summed E-state index contributed by atoms with van der Waals surface area (Å²) in [6.07, 6.45) is 5.15. The molecule has 0 aliphatic heterocycles. The average Bonchev–Trinajstić information content (AvgIpc) is 3.01. The first kappa shape index (κ1) is 16.6. The zero-order valence-electron chi connectivity index (χ0n) is 12.9. The van der Waals surface area contributed by atoms with Crippen LogP contribution in [0.2, 0.25) is 10.2 Å². The highest BCUT2D eigenvalue weighted by atomic mass is 35.5. The molecule has 0 aliphatic rings. The van der Waals surface area contributed by atoms with Gasteiger partial charge in [0.05, 0.1) is 12.2 Å². The molecular weight excluding hydrogens is 347 g/mol. The molecular formula is C18H14Cl2N2O2. The van der Waals surface area contributed by atoms with Gasteiger partial charge in [0.1, 0.15) is 5.15 Å². The van der Waals surface area contributed by atoms with Gasteiger partial charge in [-0.3, -0.25) is 0 Å². The van der Waals surface area contributed by atoms with E-state index in [1.165, 1.54) is 0 Å². The summed E-state index contributed by atoms with van der Waals surface area (Å²) in [6, 6.07) is 10.9. The van der Waals surface area contributed by atoms with Gasteiger partial charge in [-0.25, -0.2) is 9.78 Å². The number of pyridine rings is 1. The van der Waals surface area contributed by atoms with Gasteiger partial charge in [0.2, 0.25) is 0 Å². The number of ether oxygens (including phenoxy) is 1. The molecule has 1 aromatic carbocycles. The van der Waals surface area contributed by atoms with Crippen molar-refractivity contribution < 1.29 is 9.53 Å². The van der Waals surface area contributed by atoms with Gasteiger partial charge in [0.25, 0.3) is 0 Å². The summed E-state index contributed by atoms with van der Waals surface area (Å²) < 4.78 is 6.97. The molecule has 122 valence electrons. The summed E-state index contributed by atoms with van der Waals surface area (Å²) >= 11 is 12.3. The second-order valence-electron chi connectivity index (χ2n) is 5.03. The number of hydrogen-bond acceptors (Lipinski definition) is 3. The molecule has 0 amide bonds. The summed E-state index contributed by atoms with van der Waals surface area (Å²) in [4.78, 5) is 16.3. The molecule has 3 aromatic rings. The third kappa shape index (κ3) is 3.30. The molecule has 0 saturated carbocycles. The van der Waals surface area contributed by atoms with Crippen LogP contribution in [0.25, 0.3) is 16.8 Å². The van der Waals surface area contributed by atoms with E-state index >= 15 is 0 Å². The number of carbonyl (C=O) groups is 1. The van der Waals surface area contributed by atoms with Crippen molar-refractivity contribution in [1.82, 2.24) is 9.55 Å². The van der Waals surface area contributed by atoms with E-state index in [1.807, 2.05) is 24.4 Å². The van der Waals surface area contributed by atoms with E-state index in [4.69, 9.17) is 27.9 Å². The first-order valence-electron chi connectivity index (χ1n) is 7.36. The molecule has 0 spiro atoms. The number of halogens is 2. The van der Waals surface area contributed by atoms with Gasteiger partial charge in [0.15, 0.2) is 0 Å². The maximum Gasteiger partial charge on any atom is 0.340 e. The molecule has 0 atom stereocenters. The lowest BCUT2D eigenvalue weighted by Gasteiger charge is -2.05. The molecule has 3 rings (SSSR count). The van der Waals surface area contributed by atoms with E-state index in [-0.39, 0.29) is 0 Å². The van der Waals surface area contributed by atoms with Crippen LogP contribution in [0.3, 0.4) is 0 Å². The number of nitrogens with zero attached hydrogens (tertiary/aromatic N) is 2. The third-order valence-electron chi connectivity index (χ3n) is 3.49. The lowest BCUT2D eigenvalue weighted by molar-refractivity contribution is 0.0527. The fourth-order valence-corrected chi connectivity index (χ4v) is 2.83. The Morgan fingerprint density at radius 2 is 1.96 bits per heavy atom. The SMILES string of the molecule is CCOC(=O)c1cn(-c2ccnc(Cl)c2)cc1-c1ccccc1Cl. The zero-order chi connectivity index (χ0) is 17.1. The normalized spacial score (nSPS) is 10.6. The van der Waals surface area contributed by atoms with Gasteiger partial charge in [0, 0.05) is 40.4 Å². The van der Waals surface area contributed by atoms with E-state index in [0.717, 1.165) is 11.3 Å². The van der Waals surface area contributed by atoms with Crippen molar-refractivity contribution in [3.63, 3.8) is 0 Å². The molecule has 0 fully saturated rings. The van der Waals surface area contributed by atoms with Crippen molar-refractivity contribution in [1.29, 1.82) is 0 Å². The smallest absolute Gasteiger partial charge is 0.340 e. The van der Waals surface area contributed by atoms with Crippen molar-refractivity contribution in [2.75, 3.05) is 6.61 Å². The van der Waals surface area contributed by atoms with Crippen LogP contribution in [0.5, 0.6) is 0 Å². The lowest BCUT2D eigenvalue weighted by Crippen LogP contribution is -2.05. The summed E-state index contributed by atoms with van der Waals surface area (Å²) in [5, 5.41) is 0.937. The van der Waals surface area contributed by atoms with Crippen LogP contribution in [0.15, 0.2) is 55.0 Å². The number of carbonyl (C=O) groups excluding carboxylic acids is 1. The molecule has 0 bridgehead atoms. The Kier molecular flexibility index (Phi) is 4.88. The highest BCUT2D eigenvalue weighted by molar-refractivity contribution is 6.33. The zero-order valence-corrected chi connectivity index (χ0v) is 14.4. The van der Waals surface area contributed by atoms with Crippen LogP contribution in [0, 0.1) is 0 Å². The molecule has 2 aromatic heterocycles. The van der Waals surface area contributed by atoms with Crippen LogP contribution < -0.4 is 0 Å². The summed E-state index contributed by atoms with van der Waals surface area (Å²) in [5.74, 6) is -0.397. The third-order valence-corrected chi connectivity index (χ3v) is 4.03. The minimum atomic E-state index is -0.397. The van der Waals surface area contributed by atoms with Crippen LogP contribution >= 0.6 is 23.2 Å². The minimum Gasteiger partial charge on any atom is -0.462 e. The predicted octanol–water partition coefficient (Wildman–Crippen LogP) is 5.02. The molecule has 6 heteroatoms. The van der Waals surface area contributed by atoms with Crippen molar-refractivity contribution in [3.8, 4) is 16.8 Å². The van der Waals surface area contributed by atoms with Crippen LogP contribution in [-0.4, -0.2) is 22.1 Å². The number of hydrogen-bond donors (Lipinski definition) is 0. The van der Waals surface area contributed by atoms with Crippen molar-refractivity contribution in [3.05, 3.63) is 70.7 Å². The van der Waals surface area contributed by atoms with Crippen molar-refractivity contribution >= 4 is 29.2 Å². The Bertz CT molecular complexity index is 890. The van der Waals surface area contributed by atoms with E-state index < -0.39 is 5.97 Å². The van der Waals surface area contributed by atoms with Crippen LogP contribution in [-0.2, 0) is 4.74 Å². The molecule has 0 N–H and O–H groups in total. The van der Waals surface area contributed by atoms with Gasteiger partial charge in [-0.15, -0.1) is 0 Å². The van der Waals surface area contributed by atoms with E-state index in [1.54, 1.807) is 42.1 Å². The van der Waals surface area contributed by atoms with Gasteiger partial charge >= 0.3 is 5.97 Å². The summed E-state index contributed by atoms with van der Waals surface area (Å²) in [6.45, 7) is 2.07. The Labute approximate surface area is 149 Å². The Morgan fingerprint density at radius 1 is 1.17 bits per heavy atom. The lowest BCUT2D eigenvalue weighted by atomic mass is 10.0. The topological polar surface area (TPSA) is 44.1 Å². The number of aromatic nitrogens is 2. The van der Waals surface area contributed by atoms with Crippen LogP contribution in [0.4, 0.5) is 0 Å². The average molecular weight is 361 g/mol. The van der Waals surface area contributed by atoms with Crippen molar-refractivity contribution in [2.45, 2.75) is 6.92 Å². The van der Waals surface area contributed by atoms with E-state index in [0.29, 0.717) is 27.9 Å². The second kappa shape index (κ2) is 7.07. The number of rotatable bonds is 4. The predicted molar refractivity (Wildman–Crippen MR) is 95.0 cm³/mol. The Balaban J connectivity index is 2.16. The molecule has 0 aliphatic carbocycles. The quantitative estimate of drug-likeness (QED) is 0.484. The van der Waals surface area contributed by atoms with Crippen LogP contribution in [0.1, 0.15) is 17.3 Å². The van der Waals surface area contributed by atoms with E-state index in [2.05, 4.69) is 4.98 Å². The second-order valence-corrected chi connectivity index (χ2v) is 5.82. The number of esters is 1. The summed E-state index contributed by atoms with van der Waals surface area (Å²) in [5.41, 5.74) is 2.70. The largest absolute Gasteiger partial charge is 0.462 e. The van der Waals surface area contributed by atoms with Gasteiger partial charge in [-0.2, -0.15) is 0 Å². The molecule has 24 heavy (non-hydrogen) atoms. The fourth-order valence-electron chi connectivity index (χ4n) is 2.42. The maximum atomic E-state index is 12.3. The molecule has 0 saturated heterocycles. The minimum absolute atomic E-state index is 0.299. The van der Waals surface area contributed by atoms with Gasteiger partial charge in [-0.1, -0.05) is 41.4 Å². The van der Waals surface area contributed by atoms with E-state index in [9.17, 15) is 4.79 Å². The fraction of sp³-hybridized carbons (Fsp3) is 0.111. The molecule has 2 heterocycles. The maximum absolute atomic E-state index is 12.3. The monoisotopic (exact) mass is 360 g/mol. The Hall–Kier alpha value is -2.30.